The molecule has 1 aromatic carbocycles. The minimum absolute atomic E-state index is 0.0607. The number of nitrogens with zero attached hydrogens (tertiary/aromatic N) is 1. The summed E-state index contributed by atoms with van der Waals surface area (Å²) in [4.78, 5) is 22.9. The van der Waals surface area contributed by atoms with Crippen LogP contribution >= 0.6 is 11.6 Å². The van der Waals surface area contributed by atoms with Gasteiger partial charge in [-0.2, -0.15) is 5.26 Å². The van der Waals surface area contributed by atoms with Crippen molar-refractivity contribution in [1.82, 2.24) is 5.32 Å². The van der Waals surface area contributed by atoms with Gasteiger partial charge in [0.1, 0.15) is 6.04 Å². The summed E-state index contributed by atoms with van der Waals surface area (Å²) in [5.74, 6) is -2.12. The van der Waals surface area contributed by atoms with Gasteiger partial charge in [0.05, 0.1) is 6.07 Å². The van der Waals surface area contributed by atoms with Gasteiger partial charge in [0, 0.05) is 16.5 Å². The molecule has 0 aliphatic carbocycles. The number of hydrogen-bond acceptors (Lipinski definition) is 3. The maximum absolute atomic E-state index is 11.8. The third-order valence-corrected chi connectivity index (χ3v) is 2.77. The molecule has 0 heterocycles. The van der Waals surface area contributed by atoms with Crippen LogP contribution in [0.4, 0.5) is 0 Å². The Hall–Kier alpha value is -2.06. The van der Waals surface area contributed by atoms with Crippen LogP contribution in [0.15, 0.2) is 24.3 Å². The van der Waals surface area contributed by atoms with Crippen molar-refractivity contribution in [2.75, 3.05) is 0 Å². The Kier molecular flexibility index (Phi) is 5.34. The van der Waals surface area contributed by atoms with Gasteiger partial charge in [0.2, 0.25) is 0 Å². The minimum Gasteiger partial charge on any atom is -0.480 e. The average Bonchev–Trinajstić information content (AvgIpc) is 2.38. The highest BCUT2D eigenvalue weighted by atomic mass is 35.5. The van der Waals surface area contributed by atoms with Crippen molar-refractivity contribution < 1.29 is 14.7 Å². The summed E-state index contributed by atoms with van der Waals surface area (Å²) in [5, 5.41) is 20.6. The lowest BCUT2D eigenvalue weighted by Crippen LogP contribution is -2.41. The van der Waals surface area contributed by atoms with Crippen molar-refractivity contribution in [3.05, 3.63) is 34.9 Å². The Morgan fingerprint density at radius 3 is 2.47 bits per heavy atom. The predicted octanol–water partition coefficient (Wildman–Crippen LogP) is 2.07. The number of halogens is 1. The van der Waals surface area contributed by atoms with E-state index in [4.69, 9.17) is 22.0 Å². The number of rotatable bonds is 5. The molecule has 2 atom stereocenters. The largest absolute Gasteiger partial charge is 0.480 e. The SMILES string of the molecule is C[C@@H](C#N)C[C@H](NC(=O)c1ccc(Cl)cc1)C(=O)O. The second-order valence-corrected chi connectivity index (χ2v) is 4.57. The lowest BCUT2D eigenvalue weighted by molar-refractivity contribution is -0.139. The number of aliphatic carboxylic acids is 1. The van der Waals surface area contributed by atoms with Gasteiger partial charge in [0.25, 0.3) is 5.91 Å². The third kappa shape index (κ3) is 4.60. The summed E-state index contributed by atoms with van der Waals surface area (Å²) in [7, 11) is 0. The van der Waals surface area contributed by atoms with Crippen LogP contribution in [0, 0.1) is 17.2 Å². The van der Waals surface area contributed by atoms with E-state index >= 15 is 0 Å². The summed E-state index contributed by atoms with van der Waals surface area (Å²) in [6.07, 6.45) is 0.0607. The topological polar surface area (TPSA) is 90.2 Å². The molecular weight excluding hydrogens is 268 g/mol. The van der Waals surface area contributed by atoms with Crippen LogP contribution in [0.3, 0.4) is 0 Å². The van der Waals surface area contributed by atoms with Crippen LogP contribution in [0.1, 0.15) is 23.7 Å². The molecule has 6 heteroatoms. The van der Waals surface area contributed by atoms with Gasteiger partial charge in [-0.15, -0.1) is 0 Å². The van der Waals surface area contributed by atoms with Crippen LogP contribution in [0.2, 0.25) is 5.02 Å². The molecule has 1 amide bonds. The molecule has 0 saturated carbocycles. The highest BCUT2D eigenvalue weighted by molar-refractivity contribution is 6.30. The van der Waals surface area contributed by atoms with E-state index in [0.29, 0.717) is 10.6 Å². The normalized spacial score (nSPS) is 13.1. The van der Waals surface area contributed by atoms with E-state index in [1.807, 2.05) is 6.07 Å². The van der Waals surface area contributed by atoms with E-state index in [0.717, 1.165) is 0 Å². The molecule has 2 N–H and O–H groups in total. The van der Waals surface area contributed by atoms with E-state index in [2.05, 4.69) is 5.32 Å². The molecule has 0 aliphatic heterocycles. The molecule has 0 fully saturated rings. The Labute approximate surface area is 115 Å². The lowest BCUT2D eigenvalue weighted by atomic mass is 10.0. The number of benzene rings is 1. The number of carbonyl (C=O) groups excluding carboxylic acids is 1. The van der Waals surface area contributed by atoms with Gasteiger partial charge < -0.3 is 10.4 Å². The zero-order chi connectivity index (χ0) is 14.4. The molecule has 0 unspecified atom stereocenters. The molecule has 19 heavy (non-hydrogen) atoms. The highest BCUT2D eigenvalue weighted by Crippen LogP contribution is 2.11. The number of carboxylic acid groups (broad SMARTS) is 1. The van der Waals surface area contributed by atoms with Gasteiger partial charge in [-0.1, -0.05) is 11.6 Å². The van der Waals surface area contributed by atoms with Crippen molar-refractivity contribution in [2.45, 2.75) is 19.4 Å². The van der Waals surface area contributed by atoms with E-state index in [1.54, 1.807) is 19.1 Å². The molecule has 0 saturated heterocycles. The van der Waals surface area contributed by atoms with Crippen molar-refractivity contribution in [3.63, 3.8) is 0 Å². The Morgan fingerprint density at radius 1 is 1.42 bits per heavy atom. The monoisotopic (exact) mass is 280 g/mol. The molecule has 0 radical (unpaired) electrons. The first-order chi connectivity index (χ1) is 8.93. The predicted molar refractivity (Wildman–Crippen MR) is 69.7 cm³/mol. The first-order valence-corrected chi connectivity index (χ1v) is 6.00. The minimum atomic E-state index is -1.16. The Morgan fingerprint density at radius 2 is 2.00 bits per heavy atom. The van der Waals surface area contributed by atoms with Crippen LogP contribution in [-0.2, 0) is 4.79 Å². The second kappa shape index (κ2) is 6.76. The summed E-state index contributed by atoms with van der Waals surface area (Å²) in [6.45, 7) is 1.60. The Bertz CT molecular complexity index is 508. The molecule has 1 aromatic rings. The smallest absolute Gasteiger partial charge is 0.326 e. The molecule has 0 bridgehead atoms. The third-order valence-electron chi connectivity index (χ3n) is 2.52. The average molecular weight is 281 g/mol. The standard InChI is InChI=1S/C13H13ClN2O3/c1-8(7-15)6-11(13(18)19)16-12(17)9-2-4-10(14)5-3-9/h2-5,8,11H,6H2,1H3,(H,16,17)(H,18,19)/t8-,11+/m1/s1. The van der Waals surface area contributed by atoms with E-state index in [9.17, 15) is 9.59 Å². The molecule has 0 aliphatic rings. The summed E-state index contributed by atoms with van der Waals surface area (Å²) < 4.78 is 0. The van der Waals surface area contributed by atoms with Gasteiger partial charge in [-0.3, -0.25) is 4.79 Å². The van der Waals surface area contributed by atoms with Gasteiger partial charge in [-0.25, -0.2) is 4.79 Å². The fraction of sp³-hybridized carbons (Fsp3) is 0.308. The fourth-order valence-electron chi connectivity index (χ4n) is 1.47. The molecule has 5 nitrogen and oxygen atoms in total. The van der Waals surface area contributed by atoms with Crippen LogP contribution in [0.25, 0.3) is 0 Å². The van der Waals surface area contributed by atoms with Crippen LogP contribution < -0.4 is 5.32 Å². The number of nitrogens with one attached hydrogen (secondary N) is 1. The quantitative estimate of drug-likeness (QED) is 0.864. The number of hydrogen-bond donors (Lipinski definition) is 2. The summed E-state index contributed by atoms with van der Waals surface area (Å²) in [5.41, 5.74) is 0.320. The van der Waals surface area contributed by atoms with Gasteiger partial charge in [-0.05, 0) is 37.6 Å². The van der Waals surface area contributed by atoms with Crippen LogP contribution in [0.5, 0.6) is 0 Å². The first-order valence-electron chi connectivity index (χ1n) is 5.63. The zero-order valence-electron chi connectivity index (χ0n) is 10.3. The summed E-state index contributed by atoms with van der Waals surface area (Å²) >= 11 is 5.70. The van der Waals surface area contributed by atoms with Crippen LogP contribution in [-0.4, -0.2) is 23.0 Å². The van der Waals surface area contributed by atoms with Gasteiger partial charge in [0.15, 0.2) is 0 Å². The summed E-state index contributed by atoms with van der Waals surface area (Å²) in [6, 6.07) is 6.95. The highest BCUT2D eigenvalue weighted by Gasteiger charge is 2.22. The fourth-order valence-corrected chi connectivity index (χ4v) is 1.60. The van der Waals surface area contributed by atoms with E-state index < -0.39 is 23.8 Å². The zero-order valence-corrected chi connectivity index (χ0v) is 11.0. The van der Waals surface area contributed by atoms with Crippen molar-refractivity contribution in [1.29, 1.82) is 5.26 Å². The second-order valence-electron chi connectivity index (χ2n) is 4.14. The van der Waals surface area contributed by atoms with Crippen molar-refractivity contribution >= 4 is 23.5 Å². The lowest BCUT2D eigenvalue weighted by Gasteiger charge is -2.15. The molecule has 0 spiro atoms. The maximum Gasteiger partial charge on any atom is 0.326 e. The Balaban J connectivity index is 2.74. The molecule has 1 rings (SSSR count). The molecule has 100 valence electrons. The van der Waals surface area contributed by atoms with E-state index in [1.165, 1.54) is 12.1 Å². The molecular formula is C13H13ClN2O3. The maximum atomic E-state index is 11.8. The number of carboxylic acids is 1. The van der Waals surface area contributed by atoms with Crippen molar-refractivity contribution in [3.8, 4) is 6.07 Å². The molecule has 0 aromatic heterocycles. The number of nitriles is 1. The van der Waals surface area contributed by atoms with E-state index in [-0.39, 0.29) is 6.42 Å². The number of carbonyl (C=O) groups is 2. The first kappa shape index (κ1) is 15.0. The number of amides is 1. The van der Waals surface area contributed by atoms with Crippen molar-refractivity contribution in [2.24, 2.45) is 5.92 Å². The van der Waals surface area contributed by atoms with Gasteiger partial charge >= 0.3 is 5.97 Å².